The van der Waals surface area contributed by atoms with Crippen molar-refractivity contribution >= 4 is 39.0 Å². The number of nitro groups is 1. The lowest BCUT2D eigenvalue weighted by Gasteiger charge is -2.37. The van der Waals surface area contributed by atoms with Gasteiger partial charge in [0.25, 0.3) is 5.69 Å². The van der Waals surface area contributed by atoms with E-state index in [0.717, 1.165) is 22.9 Å². The average molecular weight is 576 g/mol. The number of Topliss-reactive ketones (excluding diaryl/α,β-unsaturated/α-hetero) is 1. The van der Waals surface area contributed by atoms with Crippen molar-refractivity contribution in [3.8, 4) is 5.75 Å². The van der Waals surface area contributed by atoms with Crippen LogP contribution in [0, 0.1) is 16.0 Å². The van der Waals surface area contributed by atoms with Crippen molar-refractivity contribution < 1.29 is 19.2 Å². The number of nitrogens with zero attached hydrogens (tertiary/aromatic N) is 2. The molecule has 1 spiro atoms. The predicted octanol–water partition coefficient (Wildman–Crippen LogP) is 5.66. The number of amides is 1. The number of benzene rings is 3. The van der Waals surface area contributed by atoms with E-state index in [4.69, 9.17) is 4.74 Å². The Kier molecular flexibility index (Phi) is 6.07. The molecule has 3 heterocycles. The predicted molar refractivity (Wildman–Crippen MR) is 145 cm³/mol. The summed E-state index contributed by atoms with van der Waals surface area (Å²) in [4.78, 5) is 42.1. The number of halogens is 1. The molecule has 0 saturated carbocycles. The van der Waals surface area contributed by atoms with Gasteiger partial charge in [-0.2, -0.15) is 0 Å². The number of carbonyl (C=O) groups excluding carboxylic acids is 2. The van der Waals surface area contributed by atoms with Gasteiger partial charge >= 0.3 is 0 Å². The van der Waals surface area contributed by atoms with Crippen LogP contribution in [-0.4, -0.2) is 40.7 Å². The lowest BCUT2D eigenvalue weighted by molar-refractivity contribution is -0.384. The monoisotopic (exact) mass is 575 g/mol. The van der Waals surface area contributed by atoms with Crippen LogP contribution >= 0.6 is 15.9 Å². The van der Waals surface area contributed by atoms with Crippen LogP contribution in [0.25, 0.3) is 0 Å². The first-order valence-electron chi connectivity index (χ1n) is 12.8. The molecule has 3 aliphatic rings. The van der Waals surface area contributed by atoms with E-state index in [2.05, 4.69) is 26.1 Å². The first-order chi connectivity index (χ1) is 18.4. The fraction of sp³-hybridized carbons (Fsp3) is 0.310. The van der Waals surface area contributed by atoms with E-state index < -0.39 is 22.3 Å². The van der Waals surface area contributed by atoms with Crippen molar-refractivity contribution in [1.82, 2.24) is 4.90 Å². The Hall–Kier alpha value is -3.56. The molecule has 3 unspecified atom stereocenters. The number of carbonyl (C=O) groups is 2. The Labute approximate surface area is 228 Å². The number of hydrogen-bond donors (Lipinski definition) is 1. The SMILES string of the molecule is CCOc1ccc(C(=O)C2C(c3cccc([N+](=O)[O-])c3)C3CCCN3[C@@]23C(=O)Nc2ccc(Br)cc23)cc1. The van der Waals surface area contributed by atoms with Crippen molar-refractivity contribution in [2.45, 2.75) is 37.3 Å². The molecule has 0 aromatic heterocycles. The highest BCUT2D eigenvalue weighted by Gasteiger charge is 2.69. The van der Waals surface area contributed by atoms with Crippen LogP contribution in [0.15, 0.2) is 71.2 Å². The highest BCUT2D eigenvalue weighted by molar-refractivity contribution is 9.10. The van der Waals surface area contributed by atoms with Crippen molar-refractivity contribution in [2.75, 3.05) is 18.5 Å². The molecule has 2 fully saturated rings. The summed E-state index contributed by atoms with van der Waals surface area (Å²) in [5.41, 5.74) is 1.37. The largest absolute Gasteiger partial charge is 0.494 e. The van der Waals surface area contributed by atoms with Crippen molar-refractivity contribution in [2.24, 2.45) is 5.92 Å². The maximum absolute atomic E-state index is 14.6. The maximum atomic E-state index is 14.6. The number of nitro benzene ring substituents is 1. The van der Waals surface area contributed by atoms with Gasteiger partial charge in [-0.15, -0.1) is 0 Å². The maximum Gasteiger partial charge on any atom is 0.269 e. The summed E-state index contributed by atoms with van der Waals surface area (Å²) in [5.74, 6) is -0.930. The van der Waals surface area contributed by atoms with Gasteiger partial charge in [-0.1, -0.05) is 28.1 Å². The molecule has 0 radical (unpaired) electrons. The summed E-state index contributed by atoms with van der Waals surface area (Å²) in [7, 11) is 0. The van der Waals surface area contributed by atoms with E-state index in [1.165, 1.54) is 6.07 Å². The van der Waals surface area contributed by atoms with E-state index in [-0.39, 0.29) is 23.4 Å². The first kappa shape index (κ1) is 24.8. The number of ether oxygens (including phenoxy) is 1. The number of non-ortho nitro benzene ring substituents is 1. The minimum atomic E-state index is -1.23. The summed E-state index contributed by atoms with van der Waals surface area (Å²) in [6.45, 7) is 3.06. The minimum Gasteiger partial charge on any atom is -0.494 e. The molecule has 2 saturated heterocycles. The van der Waals surface area contributed by atoms with E-state index in [9.17, 15) is 19.7 Å². The van der Waals surface area contributed by atoms with Crippen LogP contribution in [0.3, 0.4) is 0 Å². The summed E-state index contributed by atoms with van der Waals surface area (Å²) < 4.78 is 6.38. The smallest absolute Gasteiger partial charge is 0.269 e. The number of hydrogen-bond acceptors (Lipinski definition) is 6. The van der Waals surface area contributed by atoms with E-state index in [0.29, 0.717) is 35.7 Å². The van der Waals surface area contributed by atoms with Gasteiger partial charge in [-0.25, -0.2) is 0 Å². The molecule has 3 aromatic carbocycles. The molecular formula is C29H26BrN3O5. The van der Waals surface area contributed by atoms with Gasteiger partial charge in [-0.3, -0.25) is 24.6 Å². The molecule has 1 amide bonds. The molecule has 0 bridgehead atoms. The number of fused-ring (bicyclic) bond motifs is 4. The van der Waals surface area contributed by atoms with Crippen molar-refractivity contribution in [3.05, 3.63) is 98.0 Å². The Balaban J connectivity index is 1.58. The van der Waals surface area contributed by atoms with Crippen molar-refractivity contribution in [3.63, 3.8) is 0 Å². The van der Waals surface area contributed by atoms with Gasteiger partial charge in [0.1, 0.15) is 11.3 Å². The zero-order valence-electron chi connectivity index (χ0n) is 20.7. The molecule has 8 nitrogen and oxygen atoms in total. The molecule has 9 heteroatoms. The van der Waals surface area contributed by atoms with Gasteiger partial charge in [0.15, 0.2) is 5.78 Å². The third-order valence-corrected chi connectivity index (χ3v) is 8.65. The highest BCUT2D eigenvalue weighted by Crippen LogP contribution is 2.61. The first-order valence-corrected chi connectivity index (χ1v) is 13.5. The Bertz CT molecular complexity index is 1460. The second-order valence-electron chi connectivity index (χ2n) is 9.99. The molecule has 38 heavy (non-hydrogen) atoms. The van der Waals surface area contributed by atoms with Crippen LogP contribution in [-0.2, 0) is 10.3 Å². The van der Waals surface area contributed by atoms with Gasteiger partial charge in [-0.05, 0) is 74.3 Å². The Morgan fingerprint density at radius 2 is 1.97 bits per heavy atom. The Morgan fingerprint density at radius 1 is 1.18 bits per heavy atom. The zero-order chi connectivity index (χ0) is 26.6. The van der Waals surface area contributed by atoms with Crippen molar-refractivity contribution in [1.29, 1.82) is 0 Å². The number of nitrogens with one attached hydrogen (secondary N) is 1. The molecule has 4 atom stereocenters. The minimum absolute atomic E-state index is 0.0284. The van der Waals surface area contributed by atoms with Gasteiger partial charge in [0.2, 0.25) is 5.91 Å². The molecule has 3 aromatic rings. The van der Waals surface area contributed by atoms with Crippen LogP contribution in [0.5, 0.6) is 5.75 Å². The van der Waals surface area contributed by atoms with E-state index in [1.807, 2.05) is 31.2 Å². The zero-order valence-corrected chi connectivity index (χ0v) is 22.3. The molecular weight excluding hydrogens is 550 g/mol. The highest BCUT2D eigenvalue weighted by atomic mass is 79.9. The number of anilines is 1. The van der Waals surface area contributed by atoms with Crippen LogP contribution in [0.2, 0.25) is 0 Å². The lowest BCUT2D eigenvalue weighted by Crippen LogP contribution is -2.52. The summed E-state index contributed by atoms with van der Waals surface area (Å²) in [6, 6.07) is 19.1. The fourth-order valence-electron chi connectivity index (χ4n) is 6.81. The second-order valence-corrected chi connectivity index (χ2v) is 10.9. The molecule has 3 aliphatic heterocycles. The van der Waals surface area contributed by atoms with Crippen LogP contribution in [0.4, 0.5) is 11.4 Å². The number of rotatable bonds is 6. The molecule has 194 valence electrons. The molecule has 0 aliphatic carbocycles. The normalized spacial score (nSPS) is 25.7. The van der Waals surface area contributed by atoms with Gasteiger partial charge < -0.3 is 10.1 Å². The standard InChI is InChI=1S/C29H26BrN3O5/c1-2-38-21-11-8-17(9-12-21)27(34)26-25(18-5-3-6-20(15-18)33(36)37)24-7-4-14-32(24)29(26)22-16-19(30)10-13-23(22)31-28(29)35/h3,5-6,8-13,15-16,24-26H,2,4,7,14H2,1H3,(H,31,35)/t24?,25?,26?,29-/m1/s1. The lowest BCUT2D eigenvalue weighted by atomic mass is 9.68. The van der Waals surface area contributed by atoms with E-state index in [1.54, 1.807) is 36.4 Å². The van der Waals surface area contributed by atoms with Gasteiger partial charge in [0, 0.05) is 45.4 Å². The van der Waals surface area contributed by atoms with Crippen LogP contribution in [0.1, 0.15) is 47.2 Å². The quantitative estimate of drug-likeness (QED) is 0.231. The summed E-state index contributed by atoms with van der Waals surface area (Å²) in [6.07, 6.45) is 1.66. The Morgan fingerprint density at radius 3 is 2.71 bits per heavy atom. The van der Waals surface area contributed by atoms with E-state index >= 15 is 0 Å². The topological polar surface area (TPSA) is 102 Å². The van der Waals surface area contributed by atoms with Crippen LogP contribution < -0.4 is 10.1 Å². The summed E-state index contributed by atoms with van der Waals surface area (Å²) in [5, 5.41) is 14.7. The third-order valence-electron chi connectivity index (χ3n) is 8.16. The van der Waals surface area contributed by atoms with Gasteiger partial charge in [0.05, 0.1) is 17.4 Å². The summed E-state index contributed by atoms with van der Waals surface area (Å²) >= 11 is 3.57. The second kappa shape index (κ2) is 9.32. The third kappa shape index (κ3) is 3.60. The molecule has 6 rings (SSSR count). The molecule has 1 N–H and O–H groups in total. The number of ketones is 1. The average Bonchev–Trinajstić information content (AvgIpc) is 3.57. The fourth-order valence-corrected chi connectivity index (χ4v) is 7.17.